The van der Waals surface area contributed by atoms with Gasteiger partial charge in [-0.3, -0.25) is 4.79 Å². The number of aliphatic carboxylic acids is 1. The Balaban J connectivity index is 2.17. The van der Waals surface area contributed by atoms with E-state index in [9.17, 15) is 4.79 Å². The van der Waals surface area contributed by atoms with Crippen molar-refractivity contribution < 1.29 is 14.6 Å². The molecule has 0 aromatic heterocycles. The van der Waals surface area contributed by atoms with Gasteiger partial charge in [0.1, 0.15) is 6.04 Å². The van der Waals surface area contributed by atoms with Gasteiger partial charge < -0.3 is 15.2 Å². The lowest BCUT2D eigenvalue weighted by Gasteiger charge is -2.07. The first-order chi connectivity index (χ1) is 6.24. The van der Waals surface area contributed by atoms with E-state index in [2.05, 4.69) is 11.9 Å². The van der Waals surface area contributed by atoms with Crippen LogP contribution < -0.4 is 5.32 Å². The highest BCUT2D eigenvalue weighted by molar-refractivity contribution is 5.73. The molecule has 4 heteroatoms. The number of carboxylic acids is 1. The molecule has 0 amide bonds. The lowest BCUT2D eigenvalue weighted by molar-refractivity contribution is -0.139. The van der Waals surface area contributed by atoms with Crippen LogP contribution in [0.3, 0.4) is 0 Å². The maximum atomic E-state index is 10.6. The monoisotopic (exact) mass is 185 g/mol. The Kier molecular flexibility index (Phi) is 3.92. The number of nitrogens with one attached hydrogen (secondary N) is 1. The highest BCUT2D eigenvalue weighted by atomic mass is 16.5. The number of carboxylic acid groups (broad SMARTS) is 1. The predicted octanol–water partition coefficient (Wildman–Crippen LogP) is 0.252. The molecule has 0 saturated carbocycles. The molecule has 1 heterocycles. The molecule has 0 aromatic carbocycles. The van der Waals surface area contributed by atoms with Crippen molar-refractivity contribution in [1.82, 2.24) is 5.32 Å². The van der Waals surface area contributed by atoms with Crippen LogP contribution in [0.15, 0.2) is 12.7 Å². The average molecular weight is 185 g/mol. The molecule has 1 aliphatic rings. The summed E-state index contributed by atoms with van der Waals surface area (Å²) in [4.78, 5) is 10.6. The second-order valence-corrected chi connectivity index (χ2v) is 3.23. The zero-order chi connectivity index (χ0) is 9.68. The number of rotatable bonds is 5. The third kappa shape index (κ3) is 3.16. The molecule has 1 saturated heterocycles. The third-order valence-electron chi connectivity index (χ3n) is 2.11. The SMILES string of the molecule is C=CCOCC1CN[C@H](C(=O)O)C1. The topological polar surface area (TPSA) is 58.6 Å². The van der Waals surface area contributed by atoms with Crippen molar-refractivity contribution in [1.29, 1.82) is 0 Å². The van der Waals surface area contributed by atoms with Gasteiger partial charge in [0.25, 0.3) is 0 Å². The van der Waals surface area contributed by atoms with Crippen LogP contribution in [0.1, 0.15) is 6.42 Å². The summed E-state index contributed by atoms with van der Waals surface area (Å²) in [6.45, 7) is 5.41. The molecule has 1 rings (SSSR count). The van der Waals surface area contributed by atoms with Crippen molar-refractivity contribution in [3.63, 3.8) is 0 Å². The first kappa shape index (κ1) is 10.2. The highest BCUT2D eigenvalue weighted by Gasteiger charge is 2.28. The summed E-state index contributed by atoms with van der Waals surface area (Å²) in [6, 6.07) is -0.391. The van der Waals surface area contributed by atoms with E-state index in [0.29, 0.717) is 25.6 Å². The summed E-state index contributed by atoms with van der Waals surface area (Å²) >= 11 is 0. The maximum absolute atomic E-state index is 10.6. The van der Waals surface area contributed by atoms with E-state index in [4.69, 9.17) is 9.84 Å². The summed E-state index contributed by atoms with van der Waals surface area (Å²) < 4.78 is 5.24. The first-order valence-corrected chi connectivity index (χ1v) is 4.39. The van der Waals surface area contributed by atoms with Gasteiger partial charge in [0.2, 0.25) is 0 Å². The molecule has 1 fully saturated rings. The van der Waals surface area contributed by atoms with Crippen molar-refractivity contribution in [3.8, 4) is 0 Å². The van der Waals surface area contributed by atoms with Gasteiger partial charge in [0.05, 0.1) is 13.2 Å². The minimum atomic E-state index is -0.772. The third-order valence-corrected chi connectivity index (χ3v) is 2.11. The van der Waals surface area contributed by atoms with Crippen LogP contribution in [0.4, 0.5) is 0 Å². The Morgan fingerprint density at radius 3 is 3.08 bits per heavy atom. The molecule has 74 valence electrons. The quantitative estimate of drug-likeness (QED) is 0.476. The van der Waals surface area contributed by atoms with E-state index >= 15 is 0 Å². The standard InChI is InChI=1S/C9H15NO3/c1-2-3-13-6-7-4-8(9(11)12)10-5-7/h2,7-8,10H,1,3-6H2,(H,11,12)/t7?,8-/m0/s1. The van der Waals surface area contributed by atoms with E-state index in [0.717, 1.165) is 6.54 Å². The molecular weight excluding hydrogens is 170 g/mol. The second kappa shape index (κ2) is 4.99. The predicted molar refractivity (Wildman–Crippen MR) is 48.5 cm³/mol. The fourth-order valence-corrected chi connectivity index (χ4v) is 1.44. The molecule has 0 aromatic rings. The van der Waals surface area contributed by atoms with Crippen LogP contribution in [0.2, 0.25) is 0 Å². The summed E-state index contributed by atoms with van der Waals surface area (Å²) in [5.41, 5.74) is 0. The van der Waals surface area contributed by atoms with Gasteiger partial charge in [0, 0.05) is 6.54 Å². The number of hydrogen-bond donors (Lipinski definition) is 2. The lowest BCUT2D eigenvalue weighted by Crippen LogP contribution is -2.29. The molecule has 0 spiro atoms. The van der Waals surface area contributed by atoms with E-state index in [1.165, 1.54) is 0 Å². The fraction of sp³-hybridized carbons (Fsp3) is 0.667. The van der Waals surface area contributed by atoms with Gasteiger partial charge in [-0.05, 0) is 12.3 Å². The Bertz CT molecular complexity index is 193. The summed E-state index contributed by atoms with van der Waals surface area (Å²) in [7, 11) is 0. The van der Waals surface area contributed by atoms with Gasteiger partial charge in [-0.15, -0.1) is 6.58 Å². The molecule has 4 nitrogen and oxygen atoms in total. The highest BCUT2D eigenvalue weighted by Crippen LogP contribution is 2.14. The molecule has 2 atom stereocenters. The Morgan fingerprint density at radius 2 is 2.54 bits per heavy atom. The molecular formula is C9H15NO3. The molecule has 1 aliphatic heterocycles. The van der Waals surface area contributed by atoms with E-state index in [-0.39, 0.29) is 0 Å². The second-order valence-electron chi connectivity index (χ2n) is 3.23. The number of ether oxygens (including phenoxy) is 1. The smallest absolute Gasteiger partial charge is 0.320 e. The van der Waals surface area contributed by atoms with Crippen LogP contribution >= 0.6 is 0 Å². The van der Waals surface area contributed by atoms with E-state index < -0.39 is 12.0 Å². The summed E-state index contributed by atoms with van der Waals surface area (Å²) in [5, 5.41) is 11.6. The van der Waals surface area contributed by atoms with Crippen LogP contribution in [0, 0.1) is 5.92 Å². The molecule has 0 aliphatic carbocycles. The average Bonchev–Trinajstić information content (AvgIpc) is 2.53. The zero-order valence-corrected chi connectivity index (χ0v) is 7.53. The van der Waals surface area contributed by atoms with Crippen LogP contribution in [-0.2, 0) is 9.53 Å². The van der Waals surface area contributed by atoms with Gasteiger partial charge in [-0.1, -0.05) is 6.08 Å². The number of hydrogen-bond acceptors (Lipinski definition) is 3. The molecule has 0 bridgehead atoms. The van der Waals surface area contributed by atoms with Crippen molar-refractivity contribution in [3.05, 3.63) is 12.7 Å². The van der Waals surface area contributed by atoms with Crippen LogP contribution in [0.25, 0.3) is 0 Å². The van der Waals surface area contributed by atoms with Crippen molar-refractivity contribution in [2.45, 2.75) is 12.5 Å². The number of carbonyl (C=O) groups is 1. The molecule has 0 radical (unpaired) electrons. The van der Waals surface area contributed by atoms with Gasteiger partial charge in [0.15, 0.2) is 0 Å². The van der Waals surface area contributed by atoms with Crippen LogP contribution in [0.5, 0.6) is 0 Å². The van der Waals surface area contributed by atoms with Crippen LogP contribution in [-0.4, -0.2) is 36.9 Å². The first-order valence-electron chi connectivity index (χ1n) is 4.39. The van der Waals surface area contributed by atoms with Gasteiger partial charge in [-0.2, -0.15) is 0 Å². The molecule has 2 N–H and O–H groups in total. The summed E-state index contributed by atoms with van der Waals surface area (Å²) in [6.07, 6.45) is 2.35. The fourth-order valence-electron chi connectivity index (χ4n) is 1.44. The van der Waals surface area contributed by atoms with E-state index in [1.807, 2.05) is 0 Å². The largest absolute Gasteiger partial charge is 0.480 e. The Morgan fingerprint density at radius 1 is 1.77 bits per heavy atom. The van der Waals surface area contributed by atoms with Crippen molar-refractivity contribution in [2.75, 3.05) is 19.8 Å². The van der Waals surface area contributed by atoms with Crippen molar-refractivity contribution in [2.24, 2.45) is 5.92 Å². The maximum Gasteiger partial charge on any atom is 0.320 e. The summed E-state index contributed by atoms with van der Waals surface area (Å²) in [5.74, 6) is -0.452. The van der Waals surface area contributed by atoms with E-state index in [1.54, 1.807) is 6.08 Å². The zero-order valence-electron chi connectivity index (χ0n) is 7.53. The van der Waals surface area contributed by atoms with Gasteiger partial charge >= 0.3 is 5.97 Å². The molecule has 13 heavy (non-hydrogen) atoms. The van der Waals surface area contributed by atoms with Crippen molar-refractivity contribution >= 4 is 5.97 Å². The normalized spacial score (nSPS) is 27.4. The van der Waals surface area contributed by atoms with Gasteiger partial charge in [-0.25, -0.2) is 0 Å². The molecule has 1 unspecified atom stereocenters. The minimum absolute atomic E-state index is 0.320. The Labute approximate surface area is 77.6 Å². The lowest BCUT2D eigenvalue weighted by atomic mass is 10.1. The minimum Gasteiger partial charge on any atom is -0.480 e. The Hall–Kier alpha value is -0.870.